The second kappa shape index (κ2) is 7.10. The first-order chi connectivity index (χ1) is 11.9. The van der Waals surface area contributed by atoms with Crippen LogP contribution in [-0.4, -0.2) is 27.2 Å². The summed E-state index contributed by atoms with van der Waals surface area (Å²) in [4.78, 5) is 25.8. The normalized spacial score (nSPS) is 15.9. The summed E-state index contributed by atoms with van der Waals surface area (Å²) in [5.74, 6) is 2.02. The number of carbonyl (C=O) groups is 2. The van der Waals surface area contributed by atoms with Crippen molar-refractivity contribution in [1.82, 2.24) is 9.47 Å². The molecule has 0 unspecified atom stereocenters. The highest BCUT2D eigenvalue weighted by molar-refractivity contribution is 14.1. The summed E-state index contributed by atoms with van der Waals surface area (Å²) < 4.78 is 3.29. The van der Waals surface area contributed by atoms with Crippen LogP contribution in [-0.2, 0) is 4.79 Å². The minimum atomic E-state index is -0.327. The highest BCUT2D eigenvalue weighted by Crippen LogP contribution is 2.33. The third-order valence-corrected chi connectivity index (χ3v) is 5.52. The van der Waals surface area contributed by atoms with Gasteiger partial charge in [0.05, 0.1) is 11.4 Å². The standard InChI is InChI=1S/C19H15IN2O2S/c1-4-8-21-18(23)17(25-19(21)24)10-14-9-12(2)22(13(14)3)16-7-5-6-15(20)11-16/h1,5-7,9-11H,8H2,2-3H3/b17-10-. The van der Waals surface area contributed by atoms with Crippen LogP contribution in [0.3, 0.4) is 0 Å². The van der Waals surface area contributed by atoms with Crippen LogP contribution >= 0.6 is 34.4 Å². The maximum absolute atomic E-state index is 12.3. The van der Waals surface area contributed by atoms with E-state index in [1.807, 2.05) is 38.1 Å². The fourth-order valence-corrected chi connectivity index (χ4v) is 4.17. The maximum atomic E-state index is 12.3. The second-order valence-electron chi connectivity index (χ2n) is 5.61. The molecule has 126 valence electrons. The first-order valence-corrected chi connectivity index (χ1v) is 9.45. The maximum Gasteiger partial charge on any atom is 0.294 e. The summed E-state index contributed by atoms with van der Waals surface area (Å²) in [5, 5.41) is -0.319. The number of aryl methyl sites for hydroxylation is 1. The Kier molecular flexibility index (Phi) is 5.06. The van der Waals surface area contributed by atoms with Gasteiger partial charge in [-0.25, -0.2) is 0 Å². The van der Waals surface area contributed by atoms with Crippen LogP contribution in [0.5, 0.6) is 0 Å². The van der Waals surface area contributed by atoms with E-state index in [1.165, 1.54) is 0 Å². The lowest BCUT2D eigenvalue weighted by Gasteiger charge is -2.10. The molecule has 2 amide bonds. The van der Waals surface area contributed by atoms with Gasteiger partial charge in [-0.05, 0) is 84.1 Å². The second-order valence-corrected chi connectivity index (χ2v) is 7.85. The number of aromatic nitrogens is 1. The fraction of sp³-hybridized carbons (Fsp3) is 0.158. The van der Waals surface area contributed by atoms with Gasteiger partial charge >= 0.3 is 0 Å². The average molecular weight is 462 g/mol. The molecular weight excluding hydrogens is 447 g/mol. The molecule has 1 aliphatic rings. The number of rotatable bonds is 3. The molecule has 2 heterocycles. The van der Waals surface area contributed by atoms with Gasteiger partial charge in [-0.2, -0.15) is 0 Å². The molecule has 1 aromatic heterocycles. The Morgan fingerprint density at radius 3 is 2.72 bits per heavy atom. The van der Waals surface area contributed by atoms with E-state index >= 15 is 0 Å². The predicted octanol–water partition coefficient (Wildman–Crippen LogP) is 4.37. The van der Waals surface area contributed by atoms with E-state index in [0.29, 0.717) is 4.91 Å². The van der Waals surface area contributed by atoms with Gasteiger partial charge in [-0.3, -0.25) is 14.5 Å². The van der Waals surface area contributed by atoms with Crippen LogP contribution in [0.15, 0.2) is 35.2 Å². The fourth-order valence-electron chi connectivity index (χ4n) is 2.82. The summed E-state index contributed by atoms with van der Waals surface area (Å²) >= 11 is 3.22. The van der Waals surface area contributed by atoms with Crippen LogP contribution in [0.4, 0.5) is 4.79 Å². The molecule has 0 spiro atoms. The number of amides is 2. The van der Waals surface area contributed by atoms with Gasteiger partial charge in [-0.15, -0.1) is 6.42 Å². The number of nitrogens with zero attached hydrogens (tertiary/aromatic N) is 2. The van der Waals surface area contributed by atoms with Crippen molar-refractivity contribution >= 4 is 51.6 Å². The van der Waals surface area contributed by atoms with Crippen LogP contribution in [0.25, 0.3) is 11.8 Å². The van der Waals surface area contributed by atoms with Crippen LogP contribution in [0.2, 0.25) is 0 Å². The lowest BCUT2D eigenvalue weighted by molar-refractivity contribution is -0.122. The third kappa shape index (κ3) is 3.39. The summed E-state index contributed by atoms with van der Waals surface area (Å²) in [6.45, 7) is 4.03. The summed E-state index contributed by atoms with van der Waals surface area (Å²) in [6, 6.07) is 10.2. The molecule has 3 rings (SSSR count). The molecular formula is C19H15IN2O2S. The molecule has 25 heavy (non-hydrogen) atoms. The Hall–Kier alpha value is -1.98. The Morgan fingerprint density at radius 2 is 2.04 bits per heavy atom. The van der Waals surface area contributed by atoms with Crippen molar-refractivity contribution in [1.29, 1.82) is 0 Å². The molecule has 0 aliphatic carbocycles. The van der Waals surface area contributed by atoms with Crippen molar-refractivity contribution < 1.29 is 9.59 Å². The average Bonchev–Trinajstić information content (AvgIpc) is 2.98. The molecule has 1 aliphatic heterocycles. The van der Waals surface area contributed by atoms with Gasteiger partial charge in [0, 0.05) is 20.6 Å². The molecule has 0 atom stereocenters. The molecule has 0 N–H and O–H groups in total. The minimum absolute atomic E-state index is 0.00345. The van der Waals surface area contributed by atoms with Crippen molar-refractivity contribution in [2.45, 2.75) is 13.8 Å². The molecule has 0 bridgehead atoms. The summed E-state index contributed by atoms with van der Waals surface area (Å²) in [7, 11) is 0. The van der Waals surface area contributed by atoms with Gasteiger partial charge in [0.2, 0.25) is 0 Å². The molecule has 1 fully saturated rings. The zero-order valence-electron chi connectivity index (χ0n) is 13.7. The molecule has 6 heteroatoms. The van der Waals surface area contributed by atoms with Gasteiger partial charge in [0.15, 0.2) is 0 Å². The van der Waals surface area contributed by atoms with Crippen molar-refractivity contribution in [2.24, 2.45) is 0 Å². The number of hydrogen-bond donors (Lipinski definition) is 0. The number of halogens is 1. The summed E-state index contributed by atoms with van der Waals surface area (Å²) in [6.07, 6.45) is 7.00. The SMILES string of the molecule is C#CCN1C(=O)S/C(=C\c2cc(C)n(-c3cccc(I)c3)c2C)C1=O. The van der Waals surface area contributed by atoms with E-state index in [9.17, 15) is 9.59 Å². The Labute approximate surface area is 164 Å². The van der Waals surface area contributed by atoms with E-state index in [4.69, 9.17) is 6.42 Å². The van der Waals surface area contributed by atoms with Crippen LogP contribution in [0, 0.1) is 29.8 Å². The van der Waals surface area contributed by atoms with Gasteiger partial charge in [0.1, 0.15) is 0 Å². The van der Waals surface area contributed by atoms with Crippen molar-refractivity contribution in [3.63, 3.8) is 0 Å². The van der Waals surface area contributed by atoms with E-state index in [0.717, 1.165) is 42.9 Å². The molecule has 4 nitrogen and oxygen atoms in total. The monoisotopic (exact) mass is 462 g/mol. The number of thioether (sulfide) groups is 1. The van der Waals surface area contributed by atoms with Gasteiger partial charge in [-0.1, -0.05) is 12.0 Å². The third-order valence-electron chi connectivity index (χ3n) is 3.95. The van der Waals surface area contributed by atoms with E-state index in [1.54, 1.807) is 6.08 Å². The number of carbonyl (C=O) groups excluding carboxylic acids is 2. The summed E-state index contributed by atoms with van der Waals surface area (Å²) in [5.41, 5.74) is 4.07. The van der Waals surface area contributed by atoms with Gasteiger partial charge in [0.25, 0.3) is 11.1 Å². The molecule has 1 saturated heterocycles. The lowest BCUT2D eigenvalue weighted by Crippen LogP contribution is -2.28. The number of imide groups is 1. The number of benzene rings is 1. The zero-order valence-corrected chi connectivity index (χ0v) is 16.7. The first kappa shape index (κ1) is 17.8. The van der Waals surface area contributed by atoms with E-state index in [-0.39, 0.29) is 17.7 Å². The topological polar surface area (TPSA) is 42.3 Å². The Morgan fingerprint density at radius 1 is 1.28 bits per heavy atom. The van der Waals surface area contributed by atoms with Crippen molar-refractivity contribution in [2.75, 3.05) is 6.54 Å². The zero-order chi connectivity index (χ0) is 18.1. The largest absolute Gasteiger partial charge is 0.318 e. The van der Waals surface area contributed by atoms with Crippen molar-refractivity contribution in [3.05, 3.63) is 55.8 Å². The lowest BCUT2D eigenvalue weighted by atomic mass is 10.2. The van der Waals surface area contributed by atoms with Crippen LogP contribution in [0.1, 0.15) is 17.0 Å². The predicted molar refractivity (Wildman–Crippen MR) is 109 cm³/mol. The highest BCUT2D eigenvalue weighted by Gasteiger charge is 2.34. The first-order valence-electron chi connectivity index (χ1n) is 7.56. The minimum Gasteiger partial charge on any atom is -0.318 e. The van der Waals surface area contributed by atoms with Crippen molar-refractivity contribution in [3.8, 4) is 18.0 Å². The molecule has 0 saturated carbocycles. The number of hydrogen-bond acceptors (Lipinski definition) is 3. The van der Waals surface area contributed by atoms with E-state index in [2.05, 4.69) is 39.1 Å². The van der Waals surface area contributed by atoms with E-state index < -0.39 is 0 Å². The highest BCUT2D eigenvalue weighted by atomic mass is 127. The Bertz CT molecular complexity index is 953. The molecule has 2 aromatic rings. The molecule has 1 aromatic carbocycles. The smallest absolute Gasteiger partial charge is 0.294 e. The van der Waals surface area contributed by atoms with Crippen LogP contribution < -0.4 is 0 Å². The Balaban J connectivity index is 2.01. The van der Waals surface area contributed by atoms with Gasteiger partial charge < -0.3 is 4.57 Å². The number of terminal acetylenes is 1. The molecule has 0 radical (unpaired) electrons. The quantitative estimate of drug-likeness (QED) is 0.387.